The molecule has 74 valence electrons. The number of thiazole rings is 1. The number of nitrogens with two attached hydrogens (primary N) is 1. The van der Waals surface area contributed by atoms with Crippen LogP contribution in [0.2, 0.25) is 0 Å². The van der Waals surface area contributed by atoms with Gasteiger partial charge in [0, 0.05) is 17.7 Å². The topological polar surface area (TPSA) is 73.1 Å². The van der Waals surface area contributed by atoms with Gasteiger partial charge in [-0.1, -0.05) is 0 Å². The van der Waals surface area contributed by atoms with Gasteiger partial charge in [-0.05, 0) is 6.92 Å². The van der Waals surface area contributed by atoms with E-state index in [2.05, 4.69) is 4.98 Å². The summed E-state index contributed by atoms with van der Waals surface area (Å²) in [5, 5.41) is 2.40. The Balaban J connectivity index is 2.81. The van der Waals surface area contributed by atoms with Gasteiger partial charge in [0.2, 0.25) is 0 Å². The highest BCUT2D eigenvalue weighted by Gasteiger charge is 2.10. The van der Waals surface area contributed by atoms with E-state index in [0.29, 0.717) is 5.01 Å². The molecule has 0 fully saturated rings. The Morgan fingerprint density at radius 1 is 1.69 bits per heavy atom. The summed E-state index contributed by atoms with van der Waals surface area (Å²) < 4.78 is 21.8. The van der Waals surface area contributed by atoms with Crippen molar-refractivity contribution in [1.29, 1.82) is 0 Å². The lowest BCUT2D eigenvalue weighted by atomic mass is 10.3. The normalized spacial score (nSPS) is 14.4. The van der Waals surface area contributed by atoms with Gasteiger partial charge >= 0.3 is 0 Å². The van der Waals surface area contributed by atoms with Crippen LogP contribution in [0.15, 0.2) is 5.38 Å². The molecule has 0 aliphatic carbocycles. The Labute approximate surface area is 81.7 Å². The van der Waals surface area contributed by atoms with Gasteiger partial charge in [-0.15, -0.1) is 11.3 Å². The summed E-state index contributed by atoms with van der Waals surface area (Å²) in [6.45, 7) is 1.82. The first-order valence-electron chi connectivity index (χ1n) is 3.76. The molecule has 1 atom stereocenters. The van der Waals surface area contributed by atoms with Gasteiger partial charge in [-0.25, -0.2) is 13.4 Å². The van der Waals surface area contributed by atoms with Crippen LogP contribution in [0.1, 0.15) is 23.7 Å². The Morgan fingerprint density at radius 3 is 2.69 bits per heavy atom. The number of hydrogen-bond acceptors (Lipinski definition) is 5. The Hall–Kier alpha value is -0.460. The maximum absolute atomic E-state index is 10.9. The molecule has 13 heavy (non-hydrogen) atoms. The molecule has 1 aromatic rings. The summed E-state index contributed by atoms with van der Waals surface area (Å²) in [7, 11) is -2.98. The number of sulfone groups is 1. The van der Waals surface area contributed by atoms with Crippen LogP contribution in [-0.2, 0) is 15.6 Å². The summed E-state index contributed by atoms with van der Waals surface area (Å²) in [4.78, 5) is 4.11. The lowest BCUT2D eigenvalue weighted by molar-refractivity contribution is 0.601. The van der Waals surface area contributed by atoms with Gasteiger partial charge in [0.15, 0.2) is 9.84 Å². The molecule has 1 heterocycles. The number of aromatic nitrogens is 1. The third-order valence-corrected chi connectivity index (χ3v) is 3.27. The minimum Gasteiger partial charge on any atom is -0.323 e. The molecule has 0 bridgehead atoms. The van der Waals surface area contributed by atoms with Gasteiger partial charge in [0.1, 0.15) is 10.8 Å². The van der Waals surface area contributed by atoms with E-state index >= 15 is 0 Å². The summed E-state index contributed by atoms with van der Waals surface area (Å²) in [5.74, 6) is 0.00435. The fourth-order valence-corrected chi connectivity index (χ4v) is 2.93. The van der Waals surface area contributed by atoms with Gasteiger partial charge in [-0.2, -0.15) is 0 Å². The van der Waals surface area contributed by atoms with Crippen LogP contribution in [0, 0.1) is 0 Å². The first-order chi connectivity index (χ1) is 5.88. The van der Waals surface area contributed by atoms with Crippen molar-refractivity contribution in [3.8, 4) is 0 Å². The van der Waals surface area contributed by atoms with Crippen molar-refractivity contribution in [2.24, 2.45) is 5.73 Å². The molecule has 2 N–H and O–H groups in total. The van der Waals surface area contributed by atoms with Crippen LogP contribution >= 0.6 is 11.3 Å². The first-order valence-corrected chi connectivity index (χ1v) is 6.70. The summed E-state index contributed by atoms with van der Waals surface area (Å²) in [6, 6.07) is -0.135. The molecule has 6 heteroatoms. The number of nitrogens with zero attached hydrogens (tertiary/aromatic N) is 1. The van der Waals surface area contributed by atoms with Gasteiger partial charge in [0.05, 0.1) is 5.69 Å². The van der Waals surface area contributed by atoms with E-state index in [1.165, 1.54) is 17.6 Å². The van der Waals surface area contributed by atoms with Crippen molar-refractivity contribution in [3.05, 3.63) is 16.1 Å². The molecule has 4 nitrogen and oxygen atoms in total. The highest BCUT2D eigenvalue weighted by Crippen LogP contribution is 2.16. The van der Waals surface area contributed by atoms with Crippen LogP contribution in [-0.4, -0.2) is 19.7 Å². The average molecular weight is 220 g/mol. The van der Waals surface area contributed by atoms with E-state index in [1.54, 1.807) is 5.38 Å². The quantitative estimate of drug-likeness (QED) is 0.814. The molecule has 0 aromatic carbocycles. The molecule has 0 saturated carbocycles. The SMILES string of the molecule is CC(N)c1csc(CS(C)(=O)=O)n1. The third-order valence-electron chi connectivity index (χ3n) is 1.42. The van der Waals surface area contributed by atoms with E-state index in [1.807, 2.05) is 6.92 Å². The van der Waals surface area contributed by atoms with Crippen LogP contribution in [0.3, 0.4) is 0 Å². The molecule has 0 saturated heterocycles. The van der Waals surface area contributed by atoms with E-state index < -0.39 is 9.84 Å². The second kappa shape index (κ2) is 3.73. The Bertz CT molecular complexity index is 381. The smallest absolute Gasteiger partial charge is 0.153 e. The van der Waals surface area contributed by atoms with E-state index in [0.717, 1.165) is 5.69 Å². The maximum Gasteiger partial charge on any atom is 0.153 e. The van der Waals surface area contributed by atoms with Crippen LogP contribution in [0.5, 0.6) is 0 Å². The third kappa shape index (κ3) is 3.41. The second-order valence-electron chi connectivity index (χ2n) is 3.02. The van der Waals surface area contributed by atoms with Crippen molar-refractivity contribution in [2.45, 2.75) is 18.7 Å². The van der Waals surface area contributed by atoms with Crippen molar-refractivity contribution in [3.63, 3.8) is 0 Å². The monoisotopic (exact) mass is 220 g/mol. The summed E-state index contributed by atoms with van der Waals surface area (Å²) in [6.07, 6.45) is 1.19. The molecule has 1 aromatic heterocycles. The summed E-state index contributed by atoms with van der Waals surface area (Å²) in [5.41, 5.74) is 6.34. The number of hydrogen-bond donors (Lipinski definition) is 1. The van der Waals surface area contributed by atoms with Crippen molar-refractivity contribution >= 4 is 21.2 Å². The maximum atomic E-state index is 10.9. The Morgan fingerprint density at radius 2 is 2.31 bits per heavy atom. The summed E-state index contributed by atoms with van der Waals surface area (Å²) >= 11 is 1.33. The zero-order chi connectivity index (χ0) is 10.1. The van der Waals surface area contributed by atoms with E-state index in [-0.39, 0.29) is 11.8 Å². The van der Waals surface area contributed by atoms with Crippen molar-refractivity contribution in [2.75, 3.05) is 6.26 Å². The zero-order valence-electron chi connectivity index (χ0n) is 7.52. The van der Waals surface area contributed by atoms with Crippen LogP contribution in [0.4, 0.5) is 0 Å². The first kappa shape index (κ1) is 10.6. The predicted octanol–water partition coefficient (Wildman–Crippen LogP) is 0.707. The standard InChI is InChI=1S/C7H12N2O2S2/c1-5(8)6-3-12-7(9-6)4-13(2,10)11/h3,5H,4,8H2,1-2H3. The highest BCUT2D eigenvalue weighted by molar-refractivity contribution is 7.90. The predicted molar refractivity (Wildman–Crippen MR) is 53.3 cm³/mol. The fraction of sp³-hybridized carbons (Fsp3) is 0.571. The van der Waals surface area contributed by atoms with Gasteiger partial charge in [-0.3, -0.25) is 0 Å². The lowest BCUT2D eigenvalue weighted by Gasteiger charge is -1.97. The molecule has 1 rings (SSSR count). The minimum absolute atomic E-state index is 0.00435. The van der Waals surface area contributed by atoms with E-state index in [9.17, 15) is 8.42 Å². The molecule has 0 amide bonds. The molecular formula is C7H12N2O2S2. The Kier molecular flexibility index (Phi) is 3.05. The molecule has 0 aliphatic heterocycles. The highest BCUT2D eigenvalue weighted by atomic mass is 32.2. The van der Waals surface area contributed by atoms with E-state index in [4.69, 9.17) is 5.73 Å². The lowest BCUT2D eigenvalue weighted by Crippen LogP contribution is -2.06. The fourth-order valence-electron chi connectivity index (χ4n) is 0.825. The second-order valence-corrected chi connectivity index (χ2v) is 6.11. The zero-order valence-corrected chi connectivity index (χ0v) is 9.15. The molecule has 0 radical (unpaired) electrons. The molecular weight excluding hydrogens is 208 g/mol. The largest absolute Gasteiger partial charge is 0.323 e. The van der Waals surface area contributed by atoms with Crippen molar-refractivity contribution < 1.29 is 8.42 Å². The molecule has 1 unspecified atom stereocenters. The van der Waals surface area contributed by atoms with Crippen LogP contribution in [0.25, 0.3) is 0 Å². The molecule has 0 spiro atoms. The van der Waals surface area contributed by atoms with Gasteiger partial charge in [0.25, 0.3) is 0 Å². The average Bonchev–Trinajstić information content (AvgIpc) is 2.31. The molecule has 0 aliphatic rings. The van der Waals surface area contributed by atoms with Crippen LogP contribution < -0.4 is 5.73 Å². The minimum atomic E-state index is -2.98. The number of rotatable bonds is 3. The van der Waals surface area contributed by atoms with Gasteiger partial charge < -0.3 is 5.73 Å². The van der Waals surface area contributed by atoms with Crippen molar-refractivity contribution in [1.82, 2.24) is 4.98 Å².